The van der Waals surface area contributed by atoms with Gasteiger partial charge in [0.2, 0.25) is 5.90 Å². The van der Waals surface area contributed by atoms with E-state index in [-0.39, 0.29) is 11.6 Å². The fraction of sp³-hybridized carbons (Fsp3) is 0.120. The summed E-state index contributed by atoms with van der Waals surface area (Å²) in [5, 5.41) is 0.460. The second kappa shape index (κ2) is 11.2. The lowest BCUT2D eigenvalue weighted by Crippen LogP contribution is -2.06. The van der Waals surface area contributed by atoms with Gasteiger partial charge in [0.15, 0.2) is 17.2 Å². The summed E-state index contributed by atoms with van der Waals surface area (Å²) < 4.78 is 19.9. The standard InChI is InChI=1S/C25H17Br2ClINO4/c1-2-32-22-11-15(9-19(27)23(22)33-13-14-3-5-16(26)6-4-14)10-21-25(31)34-24(30-21)18-12-17(29)7-8-20(18)28/h3-12H,2,13H2,1H3/b21-10-. The van der Waals surface area contributed by atoms with Gasteiger partial charge in [0.25, 0.3) is 0 Å². The molecule has 3 aromatic carbocycles. The minimum absolute atomic E-state index is 0.169. The van der Waals surface area contributed by atoms with E-state index in [9.17, 15) is 4.79 Å². The Balaban J connectivity index is 1.62. The highest BCUT2D eigenvalue weighted by Gasteiger charge is 2.26. The lowest BCUT2D eigenvalue weighted by molar-refractivity contribution is -0.129. The predicted molar refractivity (Wildman–Crippen MR) is 149 cm³/mol. The van der Waals surface area contributed by atoms with Crippen LogP contribution in [0.5, 0.6) is 11.5 Å². The van der Waals surface area contributed by atoms with Crippen LogP contribution in [0, 0.1) is 3.57 Å². The fourth-order valence-electron chi connectivity index (χ4n) is 3.15. The van der Waals surface area contributed by atoms with Gasteiger partial charge in [-0.3, -0.25) is 0 Å². The molecule has 1 heterocycles. The van der Waals surface area contributed by atoms with Crippen LogP contribution in [0.4, 0.5) is 0 Å². The minimum atomic E-state index is -0.547. The summed E-state index contributed by atoms with van der Waals surface area (Å²) in [5.41, 5.74) is 2.46. The van der Waals surface area contributed by atoms with Gasteiger partial charge >= 0.3 is 5.97 Å². The molecule has 1 aliphatic rings. The number of carbonyl (C=O) groups excluding carboxylic acids is 1. The van der Waals surface area contributed by atoms with Crippen LogP contribution in [-0.4, -0.2) is 18.5 Å². The topological polar surface area (TPSA) is 57.1 Å². The quantitative estimate of drug-likeness (QED) is 0.142. The van der Waals surface area contributed by atoms with E-state index in [2.05, 4.69) is 59.4 Å². The number of nitrogens with zero attached hydrogens (tertiary/aromatic N) is 1. The Morgan fingerprint density at radius 1 is 1.09 bits per heavy atom. The van der Waals surface area contributed by atoms with Gasteiger partial charge in [0, 0.05) is 8.04 Å². The van der Waals surface area contributed by atoms with Gasteiger partial charge < -0.3 is 14.2 Å². The molecule has 0 N–H and O–H groups in total. The van der Waals surface area contributed by atoms with Crippen molar-refractivity contribution in [2.45, 2.75) is 13.5 Å². The van der Waals surface area contributed by atoms with Gasteiger partial charge in [-0.25, -0.2) is 9.79 Å². The Morgan fingerprint density at radius 3 is 2.59 bits per heavy atom. The van der Waals surface area contributed by atoms with Crippen LogP contribution in [0.15, 0.2) is 74.2 Å². The van der Waals surface area contributed by atoms with Gasteiger partial charge in [-0.2, -0.15) is 0 Å². The smallest absolute Gasteiger partial charge is 0.363 e. The molecule has 0 aliphatic carbocycles. The number of rotatable bonds is 7. The van der Waals surface area contributed by atoms with Gasteiger partial charge in [0.05, 0.1) is 21.7 Å². The largest absolute Gasteiger partial charge is 0.490 e. The number of benzene rings is 3. The molecular weight excluding hydrogens is 700 g/mol. The monoisotopic (exact) mass is 715 g/mol. The summed E-state index contributed by atoms with van der Waals surface area (Å²) >= 11 is 15.4. The lowest BCUT2D eigenvalue weighted by atomic mass is 10.1. The SMILES string of the molecule is CCOc1cc(/C=C2\N=C(c3cc(I)ccc3Cl)OC2=O)cc(Br)c1OCc1ccc(Br)cc1. The van der Waals surface area contributed by atoms with Crippen molar-refractivity contribution in [3.63, 3.8) is 0 Å². The average molecular weight is 718 g/mol. The Morgan fingerprint density at radius 2 is 1.85 bits per heavy atom. The summed E-state index contributed by atoms with van der Waals surface area (Å²) in [5.74, 6) is 0.765. The average Bonchev–Trinajstić information content (AvgIpc) is 3.16. The molecule has 0 spiro atoms. The minimum Gasteiger partial charge on any atom is -0.490 e. The third-order valence-electron chi connectivity index (χ3n) is 4.71. The molecule has 0 bridgehead atoms. The zero-order valence-corrected chi connectivity index (χ0v) is 23.9. The first-order chi connectivity index (χ1) is 16.3. The fourth-order valence-corrected chi connectivity index (χ4v) is 4.68. The van der Waals surface area contributed by atoms with Crippen molar-refractivity contribution in [3.8, 4) is 11.5 Å². The van der Waals surface area contributed by atoms with Gasteiger partial charge in [-0.05, 0) is 105 Å². The molecule has 34 heavy (non-hydrogen) atoms. The zero-order valence-electron chi connectivity index (χ0n) is 17.8. The molecule has 3 aromatic rings. The van der Waals surface area contributed by atoms with Crippen molar-refractivity contribution >= 4 is 84.0 Å². The predicted octanol–water partition coefficient (Wildman–Crippen LogP) is 7.79. The van der Waals surface area contributed by atoms with Crippen molar-refractivity contribution in [2.75, 3.05) is 6.61 Å². The second-order valence-electron chi connectivity index (χ2n) is 7.14. The van der Waals surface area contributed by atoms with Gasteiger partial charge in [-0.15, -0.1) is 0 Å². The lowest BCUT2D eigenvalue weighted by Gasteiger charge is -2.15. The van der Waals surface area contributed by atoms with Crippen molar-refractivity contribution in [1.82, 2.24) is 0 Å². The van der Waals surface area contributed by atoms with Crippen LogP contribution in [0.2, 0.25) is 5.02 Å². The summed E-state index contributed by atoms with van der Waals surface area (Å²) in [7, 11) is 0. The highest BCUT2D eigenvalue weighted by Crippen LogP contribution is 2.38. The molecular formula is C25H17Br2ClINO4. The number of halogens is 4. The molecule has 0 aromatic heterocycles. The first-order valence-electron chi connectivity index (χ1n) is 10.2. The highest BCUT2D eigenvalue weighted by molar-refractivity contribution is 14.1. The Hall–Kier alpha value is -1.88. The first-order valence-corrected chi connectivity index (χ1v) is 13.2. The van der Waals surface area contributed by atoms with E-state index in [1.807, 2.05) is 49.4 Å². The Bertz CT molecular complexity index is 1310. The number of cyclic esters (lactones) is 1. The molecule has 0 radical (unpaired) electrons. The van der Waals surface area contributed by atoms with Gasteiger partial charge in [0.1, 0.15) is 6.61 Å². The molecule has 4 rings (SSSR count). The number of ether oxygens (including phenoxy) is 3. The van der Waals surface area contributed by atoms with E-state index < -0.39 is 5.97 Å². The molecule has 0 saturated carbocycles. The summed E-state index contributed by atoms with van der Waals surface area (Å²) in [4.78, 5) is 16.9. The molecule has 0 saturated heterocycles. The van der Waals surface area contributed by atoms with Gasteiger partial charge in [-0.1, -0.05) is 39.7 Å². The van der Waals surface area contributed by atoms with Crippen LogP contribution in [0.1, 0.15) is 23.6 Å². The van der Waals surface area contributed by atoms with E-state index in [0.717, 1.165) is 13.6 Å². The van der Waals surface area contributed by atoms with Crippen LogP contribution < -0.4 is 9.47 Å². The number of carbonyl (C=O) groups is 1. The molecule has 1 aliphatic heterocycles. The normalized spacial score (nSPS) is 14.2. The first kappa shape index (κ1) is 25.2. The summed E-state index contributed by atoms with van der Waals surface area (Å²) in [6.07, 6.45) is 1.64. The zero-order chi connectivity index (χ0) is 24.2. The Labute approximate surface area is 232 Å². The molecule has 0 fully saturated rings. The number of hydrogen-bond donors (Lipinski definition) is 0. The van der Waals surface area contributed by atoms with E-state index in [0.29, 0.717) is 45.3 Å². The molecule has 5 nitrogen and oxygen atoms in total. The summed E-state index contributed by atoms with van der Waals surface area (Å²) in [6.45, 7) is 2.73. The van der Waals surface area contributed by atoms with Crippen molar-refractivity contribution in [3.05, 3.63) is 94.5 Å². The van der Waals surface area contributed by atoms with Crippen LogP contribution in [0.25, 0.3) is 6.08 Å². The number of esters is 1. The van der Waals surface area contributed by atoms with E-state index in [4.69, 9.17) is 25.8 Å². The molecule has 0 unspecified atom stereocenters. The number of hydrogen-bond acceptors (Lipinski definition) is 5. The number of aliphatic imine (C=N–C) groups is 1. The third kappa shape index (κ3) is 6.02. The maximum absolute atomic E-state index is 12.5. The molecule has 0 amide bonds. The maximum atomic E-state index is 12.5. The highest BCUT2D eigenvalue weighted by atomic mass is 127. The van der Waals surface area contributed by atoms with E-state index in [1.165, 1.54) is 0 Å². The summed E-state index contributed by atoms with van der Waals surface area (Å²) in [6, 6.07) is 17.0. The van der Waals surface area contributed by atoms with E-state index >= 15 is 0 Å². The molecule has 174 valence electrons. The molecule has 9 heteroatoms. The third-order valence-corrected chi connectivity index (χ3v) is 6.83. The van der Waals surface area contributed by atoms with Crippen LogP contribution >= 0.6 is 66.1 Å². The Kier molecular flexibility index (Phi) is 8.34. The van der Waals surface area contributed by atoms with Crippen LogP contribution in [0.3, 0.4) is 0 Å². The maximum Gasteiger partial charge on any atom is 0.363 e. The van der Waals surface area contributed by atoms with Crippen LogP contribution in [-0.2, 0) is 16.1 Å². The second-order valence-corrected chi connectivity index (χ2v) is 10.6. The van der Waals surface area contributed by atoms with Crippen molar-refractivity contribution in [2.24, 2.45) is 4.99 Å². The van der Waals surface area contributed by atoms with E-state index in [1.54, 1.807) is 18.2 Å². The van der Waals surface area contributed by atoms with Crippen molar-refractivity contribution in [1.29, 1.82) is 0 Å². The van der Waals surface area contributed by atoms with Crippen molar-refractivity contribution < 1.29 is 19.0 Å². The molecule has 0 atom stereocenters.